The van der Waals surface area contributed by atoms with E-state index in [9.17, 15) is 14.4 Å². The van der Waals surface area contributed by atoms with Crippen molar-refractivity contribution in [3.05, 3.63) is 95.7 Å². The molecule has 9 heteroatoms. The van der Waals surface area contributed by atoms with Crippen LogP contribution in [-0.2, 0) is 23.8 Å². The number of benzene rings is 3. The van der Waals surface area contributed by atoms with Crippen molar-refractivity contribution in [1.82, 2.24) is 0 Å². The Kier molecular flexibility index (Phi) is 7.62. The average molecular weight is 488 g/mol. The number of carbonyl (C=O) groups is 3. The standard InChI is InChI=1S/C27H25N3O6/c1-34-26(32)23-16-36-17-30(24(23)27(33)35-2)22-10-6-7-18(15-22)25(31)29-21-13-11-20(12-14-21)28-19-8-4-3-5-9-19/h3-15,28H,16-17H2,1-2H3,(H,29,31). The fourth-order valence-electron chi connectivity index (χ4n) is 3.69. The molecule has 0 fully saturated rings. The summed E-state index contributed by atoms with van der Waals surface area (Å²) in [5, 5.41) is 6.16. The molecule has 36 heavy (non-hydrogen) atoms. The van der Waals surface area contributed by atoms with E-state index in [1.54, 1.807) is 36.4 Å². The number of methoxy groups -OCH3 is 2. The van der Waals surface area contributed by atoms with Crippen molar-refractivity contribution in [3.63, 3.8) is 0 Å². The number of anilines is 4. The predicted molar refractivity (Wildman–Crippen MR) is 135 cm³/mol. The molecule has 2 N–H and O–H groups in total. The number of nitrogens with one attached hydrogen (secondary N) is 2. The number of para-hydroxylation sites is 1. The maximum atomic E-state index is 13.0. The molecule has 1 aliphatic rings. The molecule has 0 aliphatic carbocycles. The Balaban J connectivity index is 1.52. The Morgan fingerprint density at radius 3 is 2.17 bits per heavy atom. The third-order valence-corrected chi connectivity index (χ3v) is 5.46. The second-order valence-electron chi connectivity index (χ2n) is 7.79. The van der Waals surface area contributed by atoms with Crippen molar-refractivity contribution in [2.75, 3.05) is 43.1 Å². The first-order chi connectivity index (χ1) is 17.5. The fourth-order valence-corrected chi connectivity index (χ4v) is 3.69. The lowest BCUT2D eigenvalue weighted by Gasteiger charge is -2.31. The van der Waals surface area contributed by atoms with E-state index in [-0.39, 0.29) is 30.5 Å². The van der Waals surface area contributed by atoms with Crippen LogP contribution in [0.25, 0.3) is 0 Å². The van der Waals surface area contributed by atoms with Crippen LogP contribution in [-0.4, -0.2) is 45.4 Å². The van der Waals surface area contributed by atoms with Crippen molar-refractivity contribution >= 4 is 40.6 Å². The zero-order valence-electron chi connectivity index (χ0n) is 19.8. The molecule has 4 rings (SSSR count). The Hall–Kier alpha value is -4.63. The van der Waals surface area contributed by atoms with E-state index in [0.717, 1.165) is 11.4 Å². The van der Waals surface area contributed by atoms with Crippen LogP contribution in [0.3, 0.4) is 0 Å². The number of amides is 1. The van der Waals surface area contributed by atoms with Crippen molar-refractivity contribution in [3.8, 4) is 0 Å². The molecule has 0 aromatic heterocycles. The SMILES string of the molecule is COC(=O)C1=C(C(=O)OC)N(c2cccc(C(=O)Nc3ccc(Nc4ccccc4)cc3)c2)COC1. The molecule has 1 amide bonds. The van der Waals surface area contributed by atoms with Crippen LogP contribution in [0.15, 0.2) is 90.1 Å². The molecule has 3 aromatic carbocycles. The summed E-state index contributed by atoms with van der Waals surface area (Å²) in [6, 6.07) is 23.7. The van der Waals surface area contributed by atoms with Crippen molar-refractivity contribution in [2.45, 2.75) is 0 Å². The van der Waals surface area contributed by atoms with Crippen LogP contribution in [0, 0.1) is 0 Å². The van der Waals surface area contributed by atoms with Crippen molar-refractivity contribution in [2.24, 2.45) is 0 Å². The van der Waals surface area contributed by atoms with Crippen LogP contribution in [0.4, 0.5) is 22.7 Å². The monoisotopic (exact) mass is 487 g/mol. The minimum atomic E-state index is -0.710. The lowest BCUT2D eigenvalue weighted by atomic mass is 10.1. The molecule has 1 heterocycles. The van der Waals surface area contributed by atoms with Gasteiger partial charge in [-0.25, -0.2) is 9.59 Å². The largest absolute Gasteiger partial charge is 0.466 e. The summed E-state index contributed by atoms with van der Waals surface area (Å²) in [6.45, 7) is -0.102. The first-order valence-corrected chi connectivity index (χ1v) is 11.1. The summed E-state index contributed by atoms with van der Waals surface area (Å²) in [5.41, 5.74) is 3.34. The maximum Gasteiger partial charge on any atom is 0.355 e. The van der Waals surface area contributed by atoms with Gasteiger partial charge in [0.1, 0.15) is 12.4 Å². The molecule has 0 bridgehead atoms. The van der Waals surface area contributed by atoms with Crippen LogP contribution >= 0.6 is 0 Å². The number of rotatable bonds is 7. The van der Waals surface area contributed by atoms with Gasteiger partial charge < -0.3 is 29.7 Å². The van der Waals surface area contributed by atoms with E-state index < -0.39 is 11.9 Å². The highest BCUT2D eigenvalue weighted by atomic mass is 16.5. The van der Waals surface area contributed by atoms with Gasteiger partial charge in [0.25, 0.3) is 5.91 Å². The number of nitrogens with zero attached hydrogens (tertiary/aromatic N) is 1. The van der Waals surface area contributed by atoms with E-state index in [1.807, 2.05) is 42.5 Å². The summed E-state index contributed by atoms with van der Waals surface area (Å²) in [7, 11) is 2.45. The third kappa shape index (κ3) is 5.53. The van der Waals surface area contributed by atoms with Gasteiger partial charge in [-0.2, -0.15) is 0 Å². The van der Waals surface area contributed by atoms with Gasteiger partial charge in [0, 0.05) is 28.3 Å². The Morgan fingerprint density at radius 2 is 1.47 bits per heavy atom. The highest BCUT2D eigenvalue weighted by Crippen LogP contribution is 2.28. The fraction of sp³-hybridized carbons (Fsp3) is 0.148. The number of hydrogen-bond acceptors (Lipinski definition) is 8. The molecule has 1 aliphatic heterocycles. The highest BCUT2D eigenvalue weighted by molar-refractivity contribution is 6.06. The second-order valence-corrected chi connectivity index (χ2v) is 7.79. The average Bonchev–Trinajstić information content (AvgIpc) is 2.93. The van der Waals surface area contributed by atoms with Gasteiger partial charge in [-0.1, -0.05) is 24.3 Å². The molecular weight excluding hydrogens is 462 g/mol. The lowest BCUT2D eigenvalue weighted by molar-refractivity contribution is -0.140. The zero-order chi connectivity index (χ0) is 25.5. The molecule has 0 unspecified atom stereocenters. The predicted octanol–water partition coefficient (Wildman–Crippen LogP) is 4.08. The zero-order valence-corrected chi connectivity index (χ0v) is 19.8. The van der Waals surface area contributed by atoms with Crippen LogP contribution in [0.2, 0.25) is 0 Å². The number of carbonyl (C=O) groups excluding carboxylic acids is 3. The van der Waals surface area contributed by atoms with Crippen molar-refractivity contribution < 1.29 is 28.6 Å². The van der Waals surface area contributed by atoms with Crippen LogP contribution in [0.1, 0.15) is 10.4 Å². The summed E-state index contributed by atoms with van der Waals surface area (Å²) in [5.74, 6) is -1.74. The lowest BCUT2D eigenvalue weighted by Crippen LogP contribution is -2.38. The van der Waals surface area contributed by atoms with Gasteiger partial charge in [-0.05, 0) is 54.6 Å². The van der Waals surface area contributed by atoms with Gasteiger partial charge in [0.05, 0.1) is 26.4 Å². The van der Waals surface area contributed by atoms with Gasteiger partial charge in [-0.3, -0.25) is 4.79 Å². The highest BCUT2D eigenvalue weighted by Gasteiger charge is 2.32. The number of hydrogen-bond donors (Lipinski definition) is 2. The third-order valence-electron chi connectivity index (χ3n) is 5.46. The Labute approximate surface area is 208 Å². The van der Waals surface area contributed by atoms with Crippen LogP contribution < -0.4 is 15.5 Å². The molecule has 184 valence electrons. The van der Waals surface area contributed by atoms with Gasteiger partial charge in [0.2, 0.25) is 0 Å². The first kappa shape index (κ1) is 24.5. The molecule has 0 radical (unpaired) electrons. The van der Waals surface area contributed by atoms with Gasteiger partial charge in [-0.15, -0.1) is 0 Å². The van der Waals surface area contributed by atoms with Crippen molar-refractivity contribution in [1.29, 1.82) is 0 Å². The number of esters is 2. The van der Waals surface area contributed by atoms with Gasteiger partial charge >= 0.3 is 11.9 Å². The van der Waals surface area contributed by atoms with E-state index in [0.29, 0.717) is 16.9 Å². The molecular formula is C27H25N3O6. The summed E-state index contributed by atoms with van der Waals surface area (Å²) < 4.78 is 15.2. The first-order valence-electron chi connectivity index (χ1n) is 11.1. The smallest absolute Gasteiger partial charge is 0.355 e. The minimum absolute atomic E-state index is 0.00806. The topological polar surface area (TPSA) is 106 Å². The molecule has 0 saturated heterocycles. The summed E-state index contributed by atoms with van der Waals surface area (Å²) in [4.78, 5) is 39.2. The molecule has 0 spiro atoms. The Bertz CT molecular complexity index is 1290. The van der Waals surface area contributed by atoms with Gasteiger partial charge in [0.15, 0.2) is 0 Å². The summed E-state index contributed by atoms with van der Waals surface area (Å²) in [6.07, 6.45) is 0. The number of ether oxygens (including phenoxy) is 3. The summed E-state index contributed by atoms with van der Waals surface area (Å²) >= 11 is 0. The van der Waals surface area contributed by atoms with E-state index in [2.05, 4.69) is 10.6 Å². The van der Waals surface area contributed by atoms with Crippen LogP contribution in [0.5, 0.6) is 0 Å². The van der Waals surface area contributed by atoms with E-state index >= 15 is 0 Å². The minimum Gasteiger partial charge on any atom is -0.466 e. The maximum absolute atomic E-state index is 13.0. The Morgan fingerprint density at radius 1 is 0.806 bits per heavy atom. The molecule has 0 saturated carbocycles. The molecule has 3 aromatic rings. The normalized spacial score (nSPS) is 13.1. The van der Waals surface area contributed by atoms with E-state index in [4.69, 9.17) is 14.2 Å². The van der Waals surface area contributed by atoms with E-state index in [1.165, 1.54) is 19.1 Å². The molecule has 0 atom stereocenters. The second kappa shape index (κ2) is 11.2. The quantitative estimate of drug-likeness (QED) is 0.481. The molecule has 9 nitrogen and oxygen atoms in total.